The smallest absolute Gasteiger partial charge is 0.355 e. The van der Waals surface area contributed by atoms with Crippen LogP contribution in [-0.4, -0.2) is 29.0 Å². The van der Waals surface area contributed by atoms with Crippen LogP contribution in [-0.2, 0) is 11.0 Å². The van der Waals surface area contributed by atoms with Gasteiger partial charge < -0.3 is 10.2 Å². The Morgan fingerprint density at radius 3 is 2.92 bits per heavy atom. The number of nitrogens with one attached hydrogen (secondary N) is 1. The molecule has 1 unspecified atom stereocenters. The molecule has 0 radical (unpaired) electrons. The minimum atomic E-state index is -4.47. The number of halogens is 3. The Labute approximate surface area is 146 Å². The quantitative estimate of drug-likeness (QED) is 0.895. The van der Waals surface area contributed by atoms with E-state index in [1.54, 1.807) is 4.90 Å². The molecule has 134 valence electrons. The van der Waals surface area contributed by atoms with E-state index in [4.69, 9.17) is 0 Å². The number of amides is 1. The van der Waals surface area contributed by atoms with Crippen molar-refractivity contribution >= 4 is 28.2 Å². The zero-order chi connectivity index (χ0) is 18.0. The molecule has 2 aromatic rings. The topological polar surface area (TPSA) is 58.1 Å². The number of nitrogens with zero attached hydrogens (tertiary/aromatic N) is 3. The first-order chi connectivity index (χ1) is 11.8. The fourth-order valence-electron chi connectivity index (χ4n) is 2.87. The second-order valence-corrected chi connectivity index (χ2v) is 6.80. The summed E-state index contributed by atoms with van der Waals surface area (Å²) in [4.78, 5) is 22.1. The maximum Gasteiger partial charge on any atom is 0.419 e. The third-order valence-electron chi connectivity index (χ3n) is 4.03. The summed E-state index contributed by atoms with van der Waals surface area (Å²) in [5.41, 5.74) is 0.0421. The summed E-state index contributed by atoms with van der Waals surface area (Å²) in [6.45, 7) is 2.48. The molecule has 25 heavy (non-hydrogen) atoms. The molecule has 1 saturated heterocycles. The number of thiazole rings is 1. The molecule has 0 aliphatic carbocycles. The zero-order valence-corrected chi connectivity index (χ0v) is 14.3. The number of aromatic nitrogens is 2. The van der Waals surface area contributed by atoms with Gasteiger partial charge >= 0.3 is 6.18 Å². The van der Waals surface area contributed by atoms with E-state index >= 15 is 0 Å². The Bertz CT molecular complexity index is 762. The molecule has 0 bridgehead atoms. The van der Waals surface area contributed by atoms with Gasteiger partial charge in [0.05, 0.1) is 17.2 Å². The molecule has 2 aromatic heterocycles. The lowest BCUT2D eigenvalue weighted by Crippen LogP contribution is -2.42. The third kappa shape index (κ3) is 4.09. The van der Waals surface area contributed by atoms with Gasteiger partial charge in [0.2, 0.25) is 5.91 Å². The summed E-state index contributed by atoms with van der Waals surface area (Å²) in [5, 5.41) is 5.08. The van der Waals surface area contributed by atoms with E-state index in [0.29, 0.717) is 24.5 Å². The van der Waals surface area contributed by atoms with Gasteiger partial charge in [-0.25, -0.2) is 9.97 Å². The predicted octanol–water partition coefficient (Wildman–Crippen LogP) is 3.72. The number of pyridine rings is 1. The number of aryl methyl sites for hydroxylation is 1. The Morgan fingerprint density at radius 1 is 1.44 bits per heavy atom. The minimum Gasteiger partial charge on any atom is -0.355 e. The highest BCUT2D eigenvalue weighted by molar-refractivity contribution is 7.13. The van der Waals surface area contributed by atoms with Gasteiger partial charge in [0.25, 0.3) is 0 Å². The van der Waals surface area contributed by atoms with E-state index in [-0.39, 0.29) is 18.3 Å². The zero-order valence-electron chi connectivity index (χ0n) is 13.5. The van der Waals surface area contributed by atoms with Crippen molar-refractivity contribution in [2.75, 3.05) is 23.3 Å². The summed E-state index contributed by atoms with van der Waals surface area (Å²) in [7, 11) is 0. The van der Waals surface area contributed by atoms with Crippen molar-refractivity contribution < 1.29 is 18.0 Å². The van der Waals surface area contributed by atoms with Crippen LogP contribution >= 0.6 is 11.3 Å². The van der Waals surface area contributed by atoms with E-state index in [1.807, 2.05) is 12.3 Å². The van der Waals surface area contributed by atoms with Crippen molar-refractivity contribution in [2.24, 2.45) is 5.92 Å². The highest BCUT2D eigenvalue weighted by atomic mass is 32.1. The molecule has 1 amide bonds. The van der Waals surface area contributed by atoms with E-state index in [9.17, 15) is 18.0 Å². The summed E-state index contributed by atoms with van der Waals surface area (Å²) < 4.78 is 39.6. The van der Waals surface area contributed by atoms with Gasteiger partial charge in [-0.2, -0.15) is 13.2 Å². The molecule has 3 heterocycles. The van der Waals surface area contributed by atoms with E-state index in [0.717, 1.165) is 11.8 Å². The molecule has 0 spiro atoms. The van der Waals surface area contributed by atoms with Gasteiger partial charge in [-0.1, -0.05) is 0 Å². The van der Waals surface area contributed by atoms with Gasteiger partial charge in [0.1, 0.15) is 5.82 Å². The second-order valence-electron chi connectivity index (χ2n) is 5.94. The van der Waals surface area contributed by atoms with Crippen molar-refractivity contribution in [2.45, 2.75) is 25.9 Å². The van der Waals surface area contributed by atoms with Crippen LogP contribution in [0.25, 0.3) is 0 Å². The van der Waals surface area contributed by atoms with Crippen LogP contribution < -0.4 is 10.2 Å². The summed E-state index contributed by atoms with van der Waals surface area (Å²) in [5.74, 6) is -0.734. The standard InChI is InChI=1S/C16H17F3N4OS/c1-10-9-25-15(21-10)22-14(24)11-4-3-7-23(8-11)13-12(16(17,18)19)5-2-6-20-13/h2,5-6,9,11H,3-4,7-8H2,1H3,(H,21,22,24). The number of alkyl halides is 3. The molecule has 1 atom stereocenters. The number of hydrogen-bond donors (Lipinski definition) is 1. The van der Waals surface area contributed by atoms with Crippen molar-refractivity contribution in [1.29, 1.82) is 0 Å². The van der Waals surface area contributed by atoms with Gasteiger partial charge in [-0.3, -0.25) is 4.79 Å². The normalized spacial score (nSPS) is 18.2. The molecule has 3 rings (SSSR count). The fraction of sp³-hybridized carbons (Fsp3) is 0.438. The monoisotopic (exact) mass is 370 g/mol. The lowest BCUT2D eigenvalue weighted by atomic mass is 9.97. The van der Waals surface area contributed by atoms with Crippen LogP contribution in [0, 0.1) is 12.8 Å². The summed E-state index contributed by atoms with van der Waals surface area (Å²) in [6, 6.07) is 2.29. The van der Waals surface area contributed by atoms with Crippen LogP contribution in [0.1, 0.15) is 24.1 Å². The molecule has 0 aromatic carbocycles. The van der Waals surface area contributed by atoms with Crippen molar-refractivity contribution in [3.63, 3.8) is 0 Å². The van der Waals surface area contributed by atoms with Gasteiger partial charge in [0, 0.05) is 24.7 Å². The van der Waals surface area contributed by atoms with E-state index in [1.165, 1.54) is 23.6 Å². The second kappa shape index (κ2) is 6.99. The molecular formula is C16H17F3N4OS. The van der Waals surface area contributed by atoms with Crippen LogP contribution in [0.3, 0.4) is 0 Å². The lowest BCUT2D eigenvalue weighted by Gasteiger charge is -2.34. The maximum absolute atomic E-state index is 13.2. The average Bonchev–Trinajstić information content (AvgIpc) is 2.99. The average molecular weight is 370 g/mol. The Hall–Kier alpha value is -2.16. The SMILES string of the molecule is Cc1csc(NC(=O)C2CCCN(c3ncccc3C(F)(F)F)C2)n1. The first kappa shape index (κ1) is 17.7. The Morgan fingerprint density at radius 2 is 2.24 bits per heavy atom. The summed E-state index contributed by atoms with van der Waals surface area (Å²) >= 11 is 1.33. The minimum absolute atomic E-state index is 0.113. The van der Waals surface area contributed by atoms with E-state index < -0.39 is 17.7 Å². The van der Waals surface area contributed by atoms with Gasteiger partial charge in [0.15, 0.2) is 5.13 Å². The molecule has 0 saturated carbocycles. The highest BCUT2D eigenvalue weighted by Gasteiger charge is 2.37. The van der Waals surface area contributed by atoms with Crippen molar-refractivity contribution in [3.05, 3.63) is 35.0 Å². The number of piperidine rings is 1. The number of hydrogen-bond acceptors (Lipinski definition) is 5. The first-order valence-electron chi connectivity index (χ1n) is 7.85. The molecular weight excluding hydrogens is 353 g/mol. The highest BCUT2D eigenvalue weighted by Crippen LogP contribution is 2.36. The Balaban J connectivity index is 1.74. The Kier molecular flexibility index (Phi) is 4.94. The predicted molar refractivity (Wildman–Crippen MR) is 89.7 cm³/mol. The molecule has 1 N–H and O–H groups in total. The fourth-order valence-corrected chi connectivity index (χ4v) is 3.56. The first-order valence-corrected chi connectivity index (χ1v) is 8.72. The summed E-state index contributed by atoms with van der Waals surface area (Å²) in [6.07, 6.45) is -1.88. The third-order valence-corrected chi connectivity index (χ3v) is 4.91. The maximum atomic E-state index is 13.2. The van der Waals surface area contributed by atoms with Crippen LogP contribution in [0.15, 0.2) is 23.7 Å². The van der Waals surface area contributed by atoms with Gasteiger partial charge in [-0.05, 0) is 31.9 Å². The van der Waals surface area contributed by atoms with Gasteiger partial charge in [-0.15, -0.1) is 11.3 Å². The number of carbonyl (C=O) groups excluding carboxylic acids is 1. The molecule has 1 aliphatic rings. The molecule has 9 heteroatoms. The number of carbonyl (C=O) groups is 1. The molecule has 1 fully saturated rings. The number of rotatable bonds is 3. The number of anilines is 2. The van der Waals surface area contributed by atoms with Crippen molar-refractivity contribution in [3.8, 4) is 0 Å². The van der Waals surface area contributed by atoms with Crippen LogP contribution in [0.4, 0.5) is 24.1 Å². The van der Waals surface area contributed by atoms with Crippen LogP contribution in [0.5, 0.6) is 0 Å². The largest absolute Gasteiger partial charge is 0.419 e. The molecule has 1 aliphatic heterocycles. The van der Waals surface area contributed by atoms with E-state index in [2.05, 4.69) is 15.3 Å². The van der Waals surface area contributed by atoms with Crippen LogP contribution in [0.2, 0.25) is 0 Å². The molecule has 5 nitrogen and oxygen atoms in total. The van der Waals surface area contributed by atoms with Crippen molar-refractivity contribution in [1.82, 2.24) is 9.97 Å². The lowest BCUT2D eigenvalue weighted by molar-refractivity contribution is -0.137.